The van der Waals surface area contributed by atoms with Crippen molar-refractivity contribution in [3.63, 3.8) is 0 Å². The third-order valence-electron chi connectivity index (χ3n) is 6.86. The van der Waals surface area contributed by atoms with E-state index in [1.807, 2.05) is 0 Å². The van der Waals surface area contributed by atoms with Crippen LogP contribution in [0, 0.1) is 34.5 Å². The van der Waals surface area contributed by atoms with Crippen molar-refractivity contribution in [2.24, 2.45) is 34.5 Å². The molecule has 1 heteroatoms. The van der Waals surface area contributed by atoms with Crippen LogP contribution in [-0.4, -0.2) is 5.78 Å². The van der Waals surface area contributed by atoms with E-state index in [1.165, 1.54) is 19.3 Å². The van der Waals surface area contributed by atoms with Crippen molar-refractivity contribution in [2.45, 2.75) is 53.4 Å². The van der Waals surface area contributed by atoms with E-state index in [-0.39, 0.29) is 5.41 Å². The van der Waals surface area contributed by atoms with Gasteiger partial charge in [-0.2, -0.15) is 0 Å². The Bertz CT molecular complexity index is 347. The zero-order valence-corrected chi connectivity index (χ0v) is 11.0. The van der Waals surface area contributed by atoms with Crippen molar-refractivity contribution in [1.29, 1.82) is 0 Å². The number of rotatable bonds is 0. The molecule has 6 atom stereocenters. The highest BCUT2D eigenvalue weighted by Crippen LogP contribution is 2.73. The first-order chi connectivity index (χ1) is 7.45. The molecule has 3 rings (SSSR count). The molecule has 1 nitrogen and oxygen atoms in total. The summed E-state index contributed by atoms with van der Waals surface area (Å²) in [5.74, 6) is 3.18. The number of hydrogen-bond acceptors (Lipinski definition) is 1. The maximum atomic E-state index is 12.6. The molecule has 3 saturated carbocycles. The maximum Gasteiger partial charge on any atom is 0.142 e. The molecule has 0 heterocycles. The van der Waals surface area contributed by atoms with Crippen LogP contribution in [0.25, 0.3) is 0 Å². The lowest BCUT2D eigenvalue weighted by Gasteiger charge is -2.41. The van der Waals surface area contributed by atoms with Crippen LogP contribution in [0.2, 0.25) is 0 Å². The van der Waals surface area contributed by atoms with E-state index >= 15 is 0 Å². The fourth-order valence-electron chi connectivity index (χ4n) is 5.86. The van der Waals surface area contributed by atoms with E-state index in [0.29, 0.717) is 23.0 Å². The molecule has 0 aromatic rings. The minimum atomic E-state index is 0.0290. The average molecular weight is 220 g/mol. The number of hydrogen-bond donors (Lipinski definition) is 0. The molecule has 3 fully saturated rings. The molecule has 0 aliphatic heterocycles. The van der Waals surface area contributed by atoms with E-state index in [1.54, 1.807) is 0 Å². The van der Waals surface area contributed by atoms with Gasteiger partial charge in [0.1, 0.15) is 5.78 Å². The highest BCUT2D eigenvalue weighted by atomic mass is 16.1. The molecule has 1 spiro atoms. The largest absolute Gasteiger partial charge is 0.299 e. The monoisotopic (exact) mass is 220 g/mol. The van der Waals surface area contributed by atoms with Gasteiger partial charge in [0.25, 0.3) is 0 Å². The van der Waals surface area contributed by atoms with Crippen LogP contribution < -0.4 is 0 Å². The van der Waals surface area contributed by atoms with Crippen molar-refractivity contribution in [2.75, 3.05) is 0 Å². The molecule has 0 aromatic carbocycles. The van der Waals surface area contributed by atoms with Crippen LogP contribution in [0.3, 0.4) is 0 Å². The van der Waals surface area contributed by atoms with E-state index in [9.17, 15) is 4.79 Å². The first kappa shape index (κ1) is 10.8. The van der Waals surface area contributed by atoms with Gasteiger partial charge in [0, 0.05) is 11.3 Å². The summed E-state index contributed by atoms with van der Waals surface area (Å²) in [5.41, 5.74) is 0.407. The van der Waals surface area contributed by atoms with Gasteiger partial charge in [0.15, 0.2) is 0 Å². The quantitative estimate of drug-likeness (QED) is 0.608. The van der Waals surface area contributed by atoms with E-state index in [0.717, 1.165) is 18.3 Å². The standard InChI is InChI=1S/C15H24O/c1-9-5-8-15-11(3)10(2)13(16)14(15,4)7-6-12(9)15/h9-12H,5-8H2,1-4H3. The predicted octanol–water partition coefficient (Wildman–Crippen LogP) is 3.67. The summed E-state index contributed by atoms with van der Waals surface area (Å²) in [6.45, 7) is 9.22. The highest BCUT2D eigenvalue weighted by molar-refractivity contribution is 5.91. The predicted molar refractivity (Wildman–Crippen MR) is 65.0 cm³/mol. The molecule has 0 bridgehead atoms. The first-order valence-corrected chi connectivity index (χ1v) is 6.99. The van der Waals surface area contributed by atoms with Gasteiger partial charge in [-0.05, 0) is 48.9 Å². The van der Waals surface area contributed by atoms with Crippen molar-refractivity contribution < 1.29 is 4.79 Å². The zero-order valence-electron chi connectivity index (χ0n) is 11.0. The average Bonchev–Trinajstić information content (AvgIpc) is 2.79. The van der Waals surface area contributed by atoms with Gasteiger partial charge in [-0.25, -0.2) is 0 Å². The van der Waals surface area contributed by atoms with Crippen LogP contribution in [0.1, 0.15) is 53.4 Å². The molecule has 90 valence electrons. The third-order valence-corrected chi connectivity index (χ3v) is 6.86. The summed E-state index contributed by atoms with van der Waals surface area (Å²) in [5, 5.41) is 0. The van der Waals surface area contributed by atoms with Gasteiger partial charge in [-0.1, -0.05) is 27.7 Å². The molecule has 0 amide bonds. The number of Topliss-reactive ketones (excluding diaryl/α,β-unsaturated/α-hetero) is 1. The molecular formula is C15H24O. The summed E-state index contributed by atoms with van der Waals surface area (Å²) in [7, 11) is 0. The molecule has 0 N–H and O–H groups in total. The number of carbonyl (C=O) groups is 1. The van der Waals surface area contributed by atoms with Crippen LogP contribution in [0.4, 0.5) is 0 Å². The zero-order chi connectivity index (χ0) is 11.7. The molecule has 16 heavy (non-hydrogen) atoms. The lowest BCUT2D eigenvalue weighted by Crippen LogP contribution is -2.39. The Morgan fingerprint density at radius 1 is 1.12 bits per heavy atom. The summed E-state index contributed by atoms with van der Waals surface area (Å²) in [6.07, 6.45) is 5.13. The Balaban J connectivity index is 2.14. The third kappa shape index (κ3) is 0.855. The molecule has 3 aliphatic carbocycles. The second kappa shape index (κ2) is 2.91. The van der Waals surface area contributed by atoms with Gasteiger partial charge in [-0.3, -0.25) is 4.79 Å². The molecule has 0 radical (unpaired) electrons. The Morgan fingerprint density at radius 2 is 1.81 bits per heavy atom. The van der Waals surface area contributed by atoms with Gasteiger partial charge in [0.2, 0.25) is 0 Å². The van der Waals surface area contributed by atoms with E-state index < -0.39 is 0 Å². The SMILES string of the molecule is CC1CCC23C(C)C(C)C(=O)C2(C)CCC13. The van der Waals surface area contributed by atoms with E-state index in [4.69, 9.17) is 0 Å². The fourth-order valence-corrected chi connectivity index (χ4v) is 5.86. The normalized spacial score (nSPS) is 60.1. The summed E-state index contributed by atoms with van der Waals surface area (Å²) < 4.78 is 0. The van der Waals surface area contributed by atoms with Crippen molar-refractivity contribution in [1.82, 2.24) is 0 Å². The lowest BCUT2D eigenvalue weighted by molar-refractivity contribution is -0.130. The Labute approximate surface area is 99.0 Å². The second-order valence-electron chi connectivity index (χ2n) is 6.98. The smallest absolute Gasteiger partial charge is 0.142 e. The van der Waals surface area contributed by atoms with Crippen molar-refractivity contribution >= 4 is 5.78 Å². The van der Waals surface area contributed by atoms with Crippen LogP contribution in [0.5, 0.6) is 0 Å². The van der Waals surface area contributed by atoms with Crippen LogP contribution >= 0.6 is 0 Å². The topological polar surface area (TPSA) is 17.1 Å². The summed E-state index contributed by atoms with van der Waals surface area (Å²) in [6, 6.07) is 0. The molecule has 0 saturated heterocycles. The van der Waals surface area contributed by atoms with Crippen LogP contribution in [0.15, 0.2) is 0 Å². The number of carbonyl (C=O) groups excluding carboxylic acids is 1. The van der Waals surface area contributed by atoms with Gasteiger partial charge in [-0.15, -0.1) is 0 Å². The Hall–Kier alpha value is -0.330. The first-order valence-electron chi connectivity index (χ1n) is 6.99. The second-order valence-corrected chi connectivity index (χ2v) is 6.98. The number of ketones is 1. The minimum Gasteiger partial charge on any atom is -0.299 e. The minimum absolute atomic E-state index is 0.0290. The Morgan fingerprint density at radius 3 is 2.50 bits per heavy atom. The fraction of sp³-hybridized carbons (Fsp3) is 0.933. The summed E-state index contributed by atoms with van der Waals surface area (Å²) in [4.78, 5) is 12.6. The van der Waals surface area contributed by atoms with Crippen LogP contribution in [-0.2, 0) is 4.79 Å². The van der Waals surface area contributed by atoms with Gasteiger partial charge < -0.3 is 0 Å². The molecule has 3 aliphatic rings. The van der Waals surface area contributed by atoms with E-state index in [2.05, 4.69) is 27.7 Å². The lowest BCUT2D eigenvalue weighted by atomic mass is 9.62. The molecule has 6 unspecified atom stereocenters. The molecular weight excluding hydrogens is 196 g/mol. The summed E-state index contributed by atoms with van der Waals surface area (Å²) >= 11 is 0. The van der Waals surface area contributed by atoms with Gasteiger partial charge in [0.05, 0.1) is 0 Å². The Kier molecular flexibility index (Phi) is 1.97. The molecule has 0 aromatic heterocycles. The van der Waals surface area contributed by atoms with Crippen molar-refractivity contribution in [3.8, 4) is 0 Å². The highest BCUT2D eigenvalue weighted by Gasteiger charge is 2.71. The van der Waals surface area contributed by atoms with Gasteiger partial charge >= 0.3 is 0 Å². The maximum absolute atomic E-state index is 12.6. The van der Waals surface area contributed by atoms with Crippen molar-refractivity contribution in [3.05, 3.63) is 0 Å².